The zero-order chi connectivity index (χ0) is 24.8. The molecule has 1 aromatic rings. The number of amides is 2. The number of carbonyl (C=O) groups is 2. The summed E-state index contributed by atoms with van der Waals surface area (Å²) in [5, 5.41) is 23.4. The number of rotatable bonds is 3. The first-order valence-corrected chi connectivity index (χ1v) is 12.7. The Morgan fingerprint density at radius 2 is 1.62 bits per heavy atom. The van der Waals surface area contributed by atoms with Gasteiger partial charge in [-0.15, -0.1) is 0 Å². The van der Waals surface area contributed by atoms with Gasteiger partial charge in [-0.05, 0) is 61.1 Å². The SMILES string of the molecule is CC1C(NC(=O)N2CCN(C)CC2)CC2C(C)(C)CCCC2(C)C1C(=O)c1cc(O)cc(O)c1. The monoisotopic (exact) mass is 471 g/mol. The van der Waals surface area contributed by atoms with Crippen LogP contribution in [0.1, 0.15) is 63.7 Å². The zero-order valence-corrected chi connectivity index (χ0v) is 21.3. The van der Waals surface area contributed by atoms with Crippen LogP contribution >= 0.6 is 0 Å². The van der Waals surface area contributed by atoms with E-state index in [-0.39, 0.29) is 57.9 Å². The minimum Gasteiger partial charge on any atom is -0.508 e. The predicted molar refractivity (Wildman–Crippen MR) is 132 cm³/mol. The summed E-state index contributed by atoms with van der Waals surface area (Å²) in [6.07, 6.45) is 4.00. The van der Waals surface area contributed by atoms with Crippen molar-refractivity contribution in [2.75, 3.05) is 33.2 Å². The number of phenolic OH excluding ortho intramolecular Hbond substituents is 2. The van der Waals surface area contributed by atoms with E-state index in [0.717, 1.165) is 38.8 Å². The first-order valence-electron chi connectivity index (χ1n) is 12.7. The number of likely N-dealkylation sites (N-methyl/N-ethyl adjacent to an activating group) is 1. The van der Waals surface area contributed by atoms with Gasteiger partial charge in [-0.25, -0.2) is 4.79 Å². The van der Waals surface area contributed by atoms with E-state index in [1.807, 2.05) is 4.90 Å². The molecule has 1 aliphatic heterocycles. The van der Waals surface area contributed by atoms with Crippen LogP contribution < -0.4 is 5.32 Å². The first-order chi connectivity index (χ1) is 15.9. The minimum atomic E-state index is -0.315. The molecule has 4 rings (SSSR count). The molecule has 7 heteroatoms. The highest BCUT2D eigenvalue weighted by Gasteiger charge is 2.58. The molecule has 0 spiro atoms. The Balaban J connectivity index is 1.66. The highest BCUT2D eigenvalue weighted by atomic mass is 16.3. The Morgan fingerprint density at radius 1 is 1.00 bits per heavy atom. The first kappa shape index (κ1) is 24.8. The van der Waals surface area contributed by atoms with Crippen molar-refractivity contribution in [3.05, 3.63) is 23.8 Å². The summed E-state index contributed by atoms with van der Waals surface area (Å²) >= 11 is 0. The Labute approximate surface area is 203 Å². The normalized spacial score (nSPS) is 33.7. The average Bonchev–Trinajstić information content (AvgIpc) is 2.74. The molecule has 0 bridgehead atoms. The molecule has 2 amide bonds. The van der Waals surface area contributed by atoms with E-state index >= 15 is 0 Å². The molecular formula is C27H41N3O4. The molecule has 3 aliphatic rings. The van der Waals surface area contributed by atoms with E-state index in [1.165, 1.54) is 18.2 Å². The van der Waals surface area contributed by atoms with Gasteiger partial charge < -0.3 is 25.3 Å². The molecule has 0 aromatic heterocycles. The third-order valence-corrected chi connectivity index (χ3v) is 9.21. The van der Waals surface area contributed by atoms with E-state index in [0.29, 0.717) is 18.7 Å². The van der Waals surface area contributed by atoms with Gasteiger partial charge in [0.2, 0.25) is 0 Å². The largest absolute Gasteiger partial charge is 0.508 e. The fraction of sp³-hybridized carbons (Fsp3) is 0.704. The van der Waals surface area contributed by atoms with E-state index in [4.69, 9.17) is 0 Å². The number of hydrogen-bond acceptors (Lipinski definition) is 5. The van der Waals surface area contributed by atoms with Crippen LogP contribution in [0.4, 0.5) is 4.79 Å². The number of piperazine rings is 1. The molecule has 1 aromatic carbocycles. The maximum absolute atomic E-state index is 14.0. The Kier molecular flexibility index (Phi) is 6.62. The molecule has 2 saturated carbocycles. The molecule has 1 saturated heterocycles. The van der Waals surface area contributed by atoms with Gasteiger partial charge in [0, 0.05) is 49.8 Å². The van der Waals surface area contributed by atoms with Crippen molar-refractivity contribution in [2.24, 2.45) is 28.6 Å². The lowest BCUT2D eigenvalue weighted by atomic mass is 9.45. The molecule has 3 fully saturated rings. The van der Waals surface area contributed by atoms with Crippen molar-refractivity contribution in [2.45, 2.75) is 59.4 Å². The fourth-order valence-corrected chi connectivity index (χ4v) is 7.33. The van der Waals surface area contributed by atoms with E-state index in [2.05, 4.69) is 45.0 Å². The summed E-state index contributed by atoms with van der Waals surface area (Å²) in [6, 6.07) is 4.00. The molecule has 7 nitrogen and oxygen atoms in total. The Bertz CT molecular complexity index is 920. The smallest absolute Gasteiger partial charge is 0.317 e. The quantitative estimate of drug-likeness (QED) is 0.578. The van der Waals surface area contributed by atoms with Crippen LogP contribution in [0.25, 0.3) is 0 Å². The maximum Gasteiger partial charge on any atom is 0.317 e. The molecule has 2 aliphatic carbocycles. The summed E-state index contributed by atoms with van der Waals surface area (Å²) in [4.78, 5) is 31.3. The number of urea groups is 1. The summed E-state index contributed by atoms with van der Waals surface area (Å²) in [7, 11) is 2.07. The lowest BCUT2D eigenvalue weighted by Gasteiger charge is -2.60. The van der Waals surface area contributed by atoms with Gasteiger partial charge in [0.25, 0.3) is 0 Å². The summed E-state index contributed by atoms with van der Waals surface area (Å²) in [5.41, 5.74) is 0.182. The summed E-state index contributed by atoms with van der Waals surface area (Å²) < 4.78 is 0. The van der Waals surface area contributed by atoms with Gasteiger partial charge in [-0.2, -0.15) is 0 Å². The van der Waals surface area contributed by atoms with Crippen molar-refractivity contribution >= 4 is 11.8 Å². The number of ketones is 1. The third-order valence-electron chi connectivity index (χ3n) is 9.21. The number of aromatic hydroxyl groups is 2. The van der Waals surface area contributed by atoms with Crippen LogP contribution in [0, 0.1) is 28.6 Å². The summed E-state index contributed by atoms with van der Waals surface area (Å²) in [6.45, 7) is 12.1. The van der Waals surface area contributed by atoms with Gasteiger partial charge in [0.05, 0.1) is 0 Å². The number of phenols is 2. The number of nitrogens with one attached hydrogen (secondary N) is 1. The molecule has 5 unspecified atom stereocenters. The lowest BCUT2D eigenvalue weighted by molar-refractivity contribution is -0.0903. The molecular weight excluding hydrogens is 430 g/mol. The van der Waals surface area contributed by atoms with Crippen LogP contribution in [0.15, 0.2) is 18.2 Å². The number of fused-ring (bicyclic) bond motifs is 1. The second kappa shape index (κ2) is 9.06. The topological polar surface area (TPSA) is 93.1 Å². The lowest BCUT2D eigenvalue weighted by Crippen LogP contribution is -2.62. The van der Waals surface area contributed by atoms with Crippen LogP contribution in [-0.2, 0) is 0 Å². The average molecular weight is 472 g/mol. The van der Waals surface area contributed by atoms with E-state index < -0.39 is 0 Å². The highest BCUT2D eigenvalue weighted by Crippen LogP contribution is 2.61. The number of nitrogens with zero attached hydrogens (tertiary/aromatic N) is 2. The van der Waals surface area contributed by atoms with Crippen LogP contribution in [-0.4, -0.2) is 71.1 Å². The molecule has 0 radical (unpaired) electrons. The van der Waals surface area contributed by atoms with Crippen molar-refractivity contribution in [1.82, 2.24) is 15.1 Å². The Hall–Kier alpha value is -2.28. The predicted octanol–water partition coefficient (Wildman–Crippen LogP) is 4.09. The maximum atomic E-state index is 14.0. The van der Waals surface area contributed by atoms with Crippen molar-refractivity contribution in [1.29, 1.82) is 0 Å². The molecule has 188 valence electrons. The molecule has 34 heavy (non-hydrogen) atoms. The second-order valence-corrected chi connectivity index (χ2v) is 11.9. The molecule has 5 atom stereocenters. The van der Waals surface area contributed by atoms with Crippen LogP contribution in [0.5, 0.6) is 11.5 Å². The summed E-state index contributed by atoms with van der Waals surface area (Å²) in [5.74, 6) is -0.381. The van der Waals surface area contributed by atoms with Crippen molar-refractivity contribution in [3.63, 3.8) is 0 Å². The highest BCUT2D eigenvalue weighted by molar-refractivity contribution is 5.99. The second-order valence-electron chi connectivity index (χ2n) is 11.9. The standard InChI is InChI=1S/C27H41N3O4/c1-17-21(28-25(34)30-11-9-29(5)10-12-30)16-22-26(2,3)7-6-8-27(22,4)23(17)24(33)18-13-19(31)15-20(32)14-18/h13-15,17,21-23,31-32H,6-12,16H2,1-5H3,(H,28,34). The number of hydrogen-bond donors (Lipinski definition) is 3. The number of carbonyl (C=O) groups excluding carboxylic acids is 2. The van der Waals surface area contributed by atoms with Gasteiger partial charge in [0.1, 0.15) is 11.5 Å². The fourth-order valence-electron chi connectivity index (χ4n) is 7.33. The van der Waals surface area contributed by atoms with Crippen LogP contribution in [0.2, 0.25) is 0 Å². The van der Waals surface area contributed by atoms with Crippen molar-refractivity contribution in [3.8, 4) is 11.5 Å². The van der Waals surface area contributed by atoms with Crippen LogP contribution in [0.3, 0.4) is 0 Å². The van der Waals surface area contributed by atoms with Crippen molar-refractivity contribution < 1.29 is 19.8 Å². The minimum absolute atomic E-state index is 0.0385. The van der Waals surface area contributed by atoms with E-state index in [9.17, 15) is 19.8 Å². The van der Waals surface area contributed by atoms with Gasteiger partial charge in [-0.3, -0.25) is 4.79 Å². The van der Waals surface area contributed by atoms with Gasteiger partial charge >= 0.3 is 6.03 Å². The third kappa shape index (κ3) is 4.51. The van der Waals surface area contributed by atoms with E-state index in [1.54, 1.807) is 0 Å². The number of benzene rings is 1. The number of Topliss-reactive ketones (excluding diaryl/α,β-unsaturated/α-hetero) is 1. The van der Waals surface area contributed by atoms with Gasteiger partial charge in [0.15, 0.2) is 5.78 Å². The molecule has 3 N–H and O–H groups in total. The molecule has 1 heterocycles. The Morgan fingerprint density at radius 3 is 2.24 bits per heavy atom. The van der Waals surface area contributed by atoms with Gasteiger partial charge in [-0.1, -0.05) is 34.1 Å². The zero-order valence-electron chi connectivity index (χ0n) is 21.3.